The van der Waals surface area contributed by atoms with Crippen molar-refractivity contribution in [1.29, 1.82) is 0 Å². The largest absolute Gasteiger partial charge is 0.395 e. The molecule has 1 amide bonds. The van der Waals surface area contributed by atoms with Crippen LogP contribution in [0.5, 0.6) is 0 Å². The van der Waals surface area contributed by atoms with E-state index in [4.69, 9.17) is 10.2 Å². The fourth-order valence-electron chi connectivity index (χ4n) is 3.67. The van der Waals surface area contributed by atoms with Crippen molar-refractivity contribution < 1.29 is 15.0 Å². The van der Waals surface area contributed by atoms with E-state index in [1.165, 1.54) is 21.8 Å². The van der Waals surface area contributed by atoms with Gasteiger partial charge >= 0.3 is 0 Å². The van der Waals surface area contributed by atoms with E-state index in [1.54, 1.807) is 22.2 Å². The molecule has 9 heteroatoms. The average molecular weight is 375 g/mol. The van der Waals surface area contributed by atoms with Crippen molar-refractivity contribution >= 4 is 33.1 Å². The van der Waals surface area contributed by atoms with Crippen LogP contribution >= 0.6 is 11.3 Å². The highest BCUT2D eigenvalue weighted by atomic mass is 32.1. The van der Waals surface area contributed by atoms with E-state index in [9.17, 15) is 4.79 Å². The summed E-state index contributed by atoms with van der Waals surface area (Å²) in [5.74, 6) is 0.100. The number of aromatic nitrogens is 4. The predicted octanol–water partition coefficient (Wildman–Crippen LogP) is 1.21. The molecule has 0 saturated heterocycles. The number of nitrogens with zero attached hydrogens (tertiary/aromatic N) is 5. The van der Waals surface area contributed by atoms with Gasteiger partial charge in [0.15, 0.2) is 5.65 Å². The lowest BCUT2D eigenvalue weighted by Gasteiger charge is -2.18. The van der Waals surface area contributed by atoms with Crippen LogP contribution < -0.4 is 0 Å². The first-order valence-corrected chi connectivity index (χ1v) is 9.63. The zero-order chi connectivity index (χ0) is 18.3. The number of fused-ring (bicyclic) bond motifs is 5. The summed E-state index contributed by atoms with van der Waals surface area (Å²) in [6.07, 6.45) is 4.98. The fraction of sp³-hybridized carbons (Fsp3) is 0.529. The van der Waals surface area contributed by atoms with Gasteiger partial charge in [0.05, 0.1) is 18.6 Å². The van der Waals surface area contributed by atoms with E-state index in [-0.39, 0.29) is 32.1 Å². The van der Waals surface area contributed by atoms with Crippen LogP contribution in [0.2, 0.25) is 0 Å². The number of aryl methyl sites for hydroxylation is 1. The Bertz CT molecular complexity index is 960. The molecular formula is C17H21N5O3S. The summed E-state index contributed by atoms with van der Waals surface area (Å²) in [6, 6.07) is 0. The van der Waals surface area contributed by atoms with E-state index in [0.29, 0.717) is 11.6 Å². The molecule has 1 aliphatic rings. The first kappa shape index (κ1) is 17.3. The molecular weight excluding hydrogens is 354 g/mol. The molecule has 0 bridgehead atoms. The maximum atomic E-state index is 12.7. The zero-order valence-electron chi connectivity index (χ0n) is 14.6. The molecule has 0 aromatic carbocycles. The highest BCUT2D eigenvalue weighted by Crippen LogP contribution is 2.42. The van der Waals surface area contributed by atoms with Crippen molar-refractivity contribution in [3.63, 3.8) is 0 Å². The number of thiophene rings is 1. The second kappa shape index (κ2) is 6.90. The van der Waals surface area contributed by atoms with Crippen molar-refractivity contribution in [3.8, 4) is 0 Å². The minimum absolute atomic E-state index is 0.0598. The van der Waals surface area contributed by atoms with Crippen molar-refractivity contribution in [2.75, 3.05) is 26.3 Å². The van der Waals surface area contributed by atoms with E-state index < -0.39 is 5.91 Å². The predicted molar refractivity (Wildman–Crippen MR) is 97.6 cm³/mol. The van der Waals surface area contributed by atoms with Crippen molar-refractivity contribution in [2.24, 2.45) is 0 Å². The van der Waals surface area contributed by atoms with Gasteiger partial charge in [0.2, 0.25) is 5.82 Å². The van der Waals surface area contributed by atoms with Crippen LogP contribution in [0.4, 0.5) is 0 Å². The quantitative estimate of drug-likeness (QED) is 0.695. The Kier molecular flexibility index (Phi) is 4.60. The molecule has 26 heavy (non-hydrogen) atoms. The van der Waals surface area contributed by atoms with Crippen molar-refractivity contribution in [1.82, 2.24) is 24.5 Å². The molecule has 1 aliphatic carbocycles. The third kappa shape index (κ3) is 2.76. The molecule has 3 aromatic heterocycles. The van der Waals surface area contributed by atoms with Gasteiger partial charge in [-0.15, -0.1) is 16.4 Å². The van der Waals surface area contributed by atoms with Crippen LogP contribution in [-0.4, -0.2) is 66.9 Å². The second-order valence-electron chi connectivity index (χ2n) is 6.60. The Labute approximate surface area is 154 Å². The summed E-state index contributed by atoms with van der Waals surface area (Å²) in [7, 11) is 0. The standard InChI is InChI=1S/C17H21N5O3S/c1-10-3-2-4-11-12(10)13-15-19-14(17(25)21(5-7-23)6-8-24)20-22(15)9-18-16(13)26-11/h9-10,23-24H,2-8H2,1H3/t10-/m1/s1. The SMILES string of the molecule is C[C@@H]1CCCc2sc3ncn4nc(C(=O)N(CCO)CCO)nc4c3c21. The second-order valence-corrected chi connectivity index (χ2v) is 7.68. The Morgan fingerprint density at radius 3 is 2.88 bits per heavy atom. The van der Waals surface area contributed by atoms with Gasteiger partial charge < -0.3 is 15.1 Å². The third-order valence-electron chi connectivity index (χ3n) is 4.89. The lowest BCUT2D eigenvalue weighted by atomic mass is 9.87. The van der Waals surface area contributed by atoms with E-state index in [2.05, 4.69) is 22.0 Å². The van der Waals surface area contributed by atoms with Gasteiger partial charge in [-0.05, 0) is 30.7 Å². The first-order chi connectivity index (χ1) is 12.6. The molecule has 0 unspecified atom stereocenters. The average Bonchev–Trinajstić information content (AvgIpc) is 3.22. The molecule has 1 atom stereocenters. The number of hydrogen-bond donors (Lipinski definition) is 2. The summed E-state index contributed by atoms with van der Waals surface area (Å²) in [5.41, 5.74) is 1.95. The van der Waals surface area contributed by atoms with Gasteiger partial charge in [0, 0.05) is 18.0 Å². The summed E-state index contributed by atoms with van der Waals surface area (Å²) in [4.78, 5) is 25.3. The van der Waals surface area contributed by atoms with Gasteiger partial charge in [-0.1, -0.05) is 6.92 Å². The lowest BCUT2D eigenvalue weighted by molar-refractivity contribution is 0.0673. The van der Waals surface area contributed by atoms with Crippen LogP contribution in [0, 0.1) is 0 Å². The normalized spacial score (nSPS) is 17.0. The Hall–Kier alpha value is -2.10. The monoisotopic (exact) mass is 375 g/mol. The summed E-state index contributed by atoms with van der Waals surface area (Å²) in [6.45, 7) is 2.13. The van der Waals surface area contributed by atoms with Crippen molar-refractivity contribution in [3.05, 3.63) is 22.6 Å². The zero-order valence-corrected chi connectivity index (χ0v) is 15.4. The first-order valence-electron chi connectivity index (χ1n) is 8.81. The third-order valence-corrected chi connectivity index (χ3v) is 6.07. The molecule has 3 heterocycles. The fourth-order valence-corrected chi connectivity index (χ4v) is 4.97. The molecule has 2 N–H and O–H groups in total. The highest BCUT2D eigenvalue weighted by molar-refractivity contribution is 7.19. The van der Waals surface area contributed by atoms with Crippen molar-refractivity contribution in [2.45, 2.75) is 32.1 Å². The Balaban J connectivity index is 1.83. The van der Waals surface area contributed by atoms with E-state index in [0.717, 1.165) is 23.1 Å². The molecule has 0 fully saturated rings. The van der Waals surface area contributed by atoms with Gasteiger partial charge in [-0.2, -0.15) is 0 Å². The summed E-state index contributed by atoms with van der Waals surface area (Å²) >= 11 is 1.70. The highest BCUT2D eigenvalue weighted by Gasteiger charge is 2.27. The minimum Gasteiger partial charge on any atom is -0.395 e. The van der Waals surface area contributed by atoms with Gasteiger partial charge in [0.25, 0.3) is 5.91 Å². The van der Waals surface area contributed by atoms with Crippen LogP contribution in [0.25, 0.3) is 15.9 Å². The van der Waals surface area contributed by atoms with Gasteiger partial charge in [-0.25, -0.2) is 14.5 Å². The molecule has 0 radical (unpaired) electrons. The summed E-state index contributed by atoms with van der Waals surface area (Å²) < 4.78 is 1.56. The van der Waals surface area contributed by atoms with Crippen LogP contribution in [-0.2, 0) is 6.42 Å². The number of hydrogen-bond acceptors (Lipinski definition) is 7. The molecule has 138 valence electrons. The smallest absolute Gasteiger partial charge is 0.293 e. The van der Waals surface area contributed by atoms with Crippen LogP contribution in [0.3, 0.4) is 0 Å². The Morgan fingerprint density at radius 2 is 2.15 bits per heavy atom. The van der Waals surface area contributed by atoms with E-state index >= 15 is 0 Å². The van der Waals surface area contributed by atoms with Crippen LogP contribution in [0.1, 0.15) is 46.7 Å². The molecule has 0 spiro atoms. The topological polar surface area (TPSA) is 104 Å². The number of amides is 1. The summed E-state index contributed by atoms with van der Waals surface area (Å²) in [5, 5.41) is 23.6. The lowest BCUT2D eigenvalue weighted by Crippen LogP contribution is -2.36. The molecule has 0 aliphatic heterocycles. The molecule has 8 nitrogen and oxygen atoms in total. The van der Waals surface area contributed by atoms with Gasteiger partial charge in [0.1, 0.15) is 11.2 Å². The Morgan fingerprint density at radius 1 is 1.38 bits per heavy atom. The minimum atomic E-state index is -0.401. The number of carbonyl (C=O) groups is 1. The molecule has 0 saturated carbocycles. The number of aliphatic hydroxyl groups is 2. The maximum Gasteiger partial charge on any atom is 0.293 e. The van der Waals surface area contributed by atoms with E-state index in [1.807, 2.05) is 0 Å². The number of aliphatic hydroxyl groups excluding tert-OH is 2. The number of carbonyl (C=O) groups excluding carboxylic acids is 1. The maximum absolute atomic E-state index is 12.7. The molecule has 4 rings (SSSR count). The van der Waals surface area contributed by atoms with Gasteiger partial charge in [-0.3, -0.25) is 4.79 Å². The molecule has 3 aromatic rings. The van der Waals surface area contributed by atoms with Crippen LogP contribution in [0.15, 0.2) is 6.33 Å². The number of rotatable bonds is 5.